The van der Waals surface area contributed by atoms with Crippen molar-refractivity contribution < 1.29 is 0 Å². The van der Waals surface area contributed by atoms with Crippen LogP contribution in [0.2, 0.25) is 5.02 Å². The van der Waals surface area contributed by atoms with Gasteiger partial charge in [-0.2, -0.15) is 0 Å². The molecule has 0 spiro atoms. The summed E-state index contributed by atoms with van der Waals surface area (Å²) in [7, 11) is 0. The van der Waals surface area contributed by atoms with Crippen LogP contribution in [0.25, 0.3) is 17.0 Å². The topological polar surface area (TPSA) is 42.2 Å². The van der Waals surface area contributed by atoms with Crippen LogP contribution in [0.4, 0.5) is 10.8 Å². The molecule has 0 saturated carbocycles. The summed E-state index contributed by atoms with van der Waals surface area (Å²) >= 11 is 7.73. The van der Waals surface area contributed by atoms with Crippen LogP contribution < -0.4 is 5.32 Å². The Hall–Kier alpha value is -2.37. The zero-order valence-corrected chi connectivity index (χ0v) is 16.4. The SMILES string of the molecule is Cc1nc2ccc(Cl)cn2c1-c1csc(Nc2ccc(C(C)C)cc2)n1. The van der Waals surface area contributed by atoms with E-state index in [1.54, 1.807) is 11.3 Å². The molecule has 0 radical (unpaired) electrons. The van der Waals surface area contributed by atoms with Crippen molar-refractivity contribution in [2.24, 2.45) is 0 Å². The van der Waals surface area contributed by atoms with Crippen molar-refractivity contribution in [2.75, 3.05) is 5.32 Å². The highest BCUT2D eigenvalue weighted by molar-refractivity contribution is 7.14. The quantitative estimate of drug-likeness (QED) is 0.451. The average molecular weight is 383 g/mol. The van der Waals surface area contributed by atoms with E-state index in [1.807, 2.05) is 35.0 Å². The van der Waals surface area contributed by atoms with Gasteiger partial charge >= 0.3 is 0 Å². The van der Waals surface area contributed by atoms with E-state index in [1.165, 1.54) is 5.56 Å². The molecule has 6 heteroatoms. The minimum Gasteiger partial charge on any atom is -0.332 e. The number of aromatic nitrogens is 3. The second-order valence-corrected chi connectivity index (χ2v) is 7.86. The number of nitrogens with one attached hydrogen (secondary N) is 1. The molecule has 3 heterocycles. The number of pyridine rings is 1. The summed E-state index contributed by atoms with van der Waals surface area (Å²) in [5.74, 6) is 0.528. The number of thiazole rings is 1. The molecule has 1 N–H and O–H groups in total. The molecule has 1 aromatic carbocycles. The zero-order chi connectivity index (χ0) is 18.3. The Kier molecular flexibility index (Phi) is 4.42. The third-order valence-corrected chi connectivity index (χ3v) is 5.31. The van der Waals surface area contributed by atoms with E-state index < -0.39 is 0 Å². The first-order valence-electron chi connectivity index (χ1n) is 8.48. The van der Waals surface area contributed by atoms with Crippen LogP contribution in [0.3, 0.4) is 0 Å². The number of anilines is 2. The normalized spacial score (nSPS) is 11.4. The number of halogens is 1. The molecular formula is C20H19ClN4S. The van der Waals surface area contributed by atoms with Crippen LogP contribution in [0.5, 0.6) is 0 Å². The lowest BCUT2D eigenvalue weighted by Crippen LogP contribution is -1.93. The maximum atomic E-state index is 6.16. The number of hydrogen-bond donors (Lipinski definition) is 1. The Morgan fingerprint density at radius 1 is 1.08 bits per heavy atom. The van der Waals surface area contributed by atoms with Crippen molar-refractivity contribution in [3.8, 4) is 11.4 Å². The van der Waals surface area contributed by atoms with Crippen molar-refractivity contribution in [3.05, 3.63) is 64.3 Å². The summed E-state index contributed by atoms with van der Waals surface area (Å²) in [5.41, 5.74) is 6.03. The number of hydrogen-bond acceptors (Lipinski definition) is 4. The van der Waals surface area contributed by atoms with Gasteiger partial charge in [-0.25, -0.2) is 9.97 Å². The van der Waals surface area contributed by atoms with Gasteiger partial charge in [0.1, 0.15) is 11.3 Å². The number of aryl methyl sites for hydroxylation is 1. The highest BCUT2D eigenvalue weighted by Crippen LogP contribution is 2.30. The first-order chi connectivity index (χ1) is 12.5. The summed E-state index contributed by atoms with van der Waals surface area (Å²) in [6.45, 7) is 6.38. The minimum absolute atomic E-state index is 0.528. The number of imidazole rings is 1. The molecule has 26 heavy (non-hydrogen) atoms. The van der Waals surface area contributed by atoms with Gasteiger partial charge in [-0.15, -0.1) is 11.3 Å². The second-order valence-electron chi connectivity index (χ2n) is 6.56. The van der Waals surface area contributed by atoms with E-state index in [4.69, 9.17) is 16.6 Å². The van der Waals surface area contributed by atoms with Gasteiger partial charge in [0.2, 0.25) is 0 Å². The predicted octanol–water partition coefficient (Wildman–Crippen LogP) is 6.29. The second kappa shape index (κ2) is 6.74. The fourth-order valence-corrected chi connectivity index (χ4v) is 3.84. The van der Waals surface area contributed by atoms with Crippen molar-refractivity contribution in [3.63, 3.8) is 0 Å². The number of fused-ring (bicyclic) bond motifs is 1. The van der Waals surface area contributed by atoms with Gasteiger partial charge in [-0.3, -0.25) is 4.40 Å². The predicted molar refractivity (Wildman–Crippen MR) is 110 cm³/mol. The van der Waals surface area contributed by atoms with E-state index in [9.17, 15) is 0 Å². The van der Waals surface area contributed by atoms with Crippen molar-refractivity contribution in [2.45, 2.75) is 26.7 Å². The van der Waals surface area contributed by atoms with Crippen molar-refractivity contribution in [1.29, 1.82) is 0 Å². The molecule has 0 aliphatic rings. The Balaban J connectivity index is 1.64. The van der Waals surface area contributed by atoms with Crippen LogP contribution in [0, 0.1) is 6.92 Å². The smallest absolute Gasteiger partial charge is 0.187 e. The Bertz CT molecular complexity index is 1060. The van der Waals surface area contributed by atoms with E-state index in [0.717, 1.165) is 33.5 Å². The summed E-state index contributed by atoms with van der Waals surface area (Å²) in [6.07, 6.45) is 1.88. The first kappa shape index (κ1) is 17.1. The van der Waals surface area contributed by atoms with Crippen LogP contribution in [-0.2, 0) is 0 Å². The lowest BCUT2D eigenvalue weighted by atomic mass is 10.0. The molecule has 3 aromatic heterocycles. The summed E-state index contributed by atoms with van der Waals surface area (Å²) in [6, 6.07) is 12.3. The van der Waals surface area contributed by atoms with E-state index >= 15 is 0 Å². The standard InChI is InChI=1S/C20H19ClN4S/c1-12(2)14-4-7-16(8-5-14)23-20-24-17(11-26-20)19-13(3)22-18-9-6-15(21)10-25(18)19/h4-12H,1-3H3,(H,23,24). The largest absolute Gasteiger partial charge is 0.332 e. The molecule has 132 valence electrons. The van der Waals surface area contributed by atoms with Gasteiger partial charge in [0.25, 0.3) is 0 Å². The van der Waals surface area contributed by atoms with E-state index in [0.29, 0.717) is 10.9 Å². The van der Waals surface area contributed by atoms with Crippen LogP contribution in [-0.4, -0.2) is 14.4 Å². The monoisotopic (exact) mass is 382 g/mol. The fraction of sp³-hybridized carbons (Fsp3) is 0.200. The van der Waals surface area contributed by atoms with Gasteiger partial charge in [-0.1, -0.05) is 37.6 Å². The maximum Gasteiger partial charge on any atom is 0.187 e. The molecule has 0 bridgehead atoms. The molecule has 4 nitrogen and oxygen atoms in total. The molecule has 0 saturated heterocycles. The summed E-state index contributed by atoms with van der Waals surface area (Å²) in [4.78, 5) is 9.35. The van der Waals surface area contributed by atoms with Crippen LogP contribution in [0.15, 0.2) is 48.0 Å². The van der Waals surface area contributed by atoms with Gasteiger partial charge in [0.15, 0.2) is 5.13 Å². The molecule has 0 amide bonds. The summed E-state index contributed by atoms with van der Waals surface area (Å²) in [5, 5.41) is 6.96. The summed E-state index contributed by atoms with van der Waals surface area (Å²) < 4.78 is 1.99. The highest BCUT2D eigenvalue weighted by Gasteiger charge is 2.14. The Labute approximate surface area is 161 Å². The zero-order valence-electron chi connectivity index (χ0n) is 14.8. The fourth-order valence-electron chi connectivity index (χ4n) is 2.96. The maximum absolute atomic E-state index is 6.16. The van der Waals surface area contributed by atoms with Crippen LogP contribution >= 0.6 is 22.9 Å². The molecule has 0 aliphatic heterocycles. The van der Waals surface area contributed by atoms with Gasteiger partial charge < -0.3 is 5.32 Å². The van der Waals surface area contributed by atoms with Gasteiger partial charge in [0, 0.05) is 17.3 Å². The first-order valence-corrected chi connectivity index (χ1v) is 9.74. The molecule has 0 fully saturated rings. The third-order valence-electron chi connectivity index (χ3n) is 4.33. The van der Waals surface area contributed by atoms with Gasteiger partial charge in [-0.05, 0) is 42.7 Å². The van der Waals surface area contributed by atoms with Crippen molar-refractivity contribution in [1.82, 2.24) is 14.4 Å². The van der Waals surface area contributed by atoms with E-state index in [2.05, 4.69) is 48.4 Å². The Morgan fingerprint density at radius 3 is 2.58 bits per heavy atom. The molecule has 4 aromatic rings. The molecule has 0 aliphatic carbocycles. The average Bonchev–Trinajstić information content (AvgIpc) is 3.18. The molecule has 0 unspecified atom stereocenters. The van der Waals surface area contributed by atoms with E-state index in [-0.39, 0.29) is 0 Å². The highest BCUT2D eigenvalue weighted by atomic mass is 35.5. The minimum atomic E-state index is 0.528. The molecule has 0 atom stereocenters. The number of benzene rings is 1. The van der Waals surface area contributed by atoms with Crippen molar-refractivity contribution >= 4 is 39.4 Å². The third kappa shape index (κ3) is 3.20. The lowest BCUT2D eigenvalue weighted by Gasteiger charge is -2.07. The lowest BCUT2D eigenvalue weighted by molar-refractivity contribution is 0.867. The number of nitrogens with zero attached hydrogens (tertiary/aromatic N) is 3. The number of rotatable bonds is 4. The molecular weight excluding hydrogens is 364 g/mol. The Morgan fingerprint density at radius 2 is 1.85 bits per heavy atom. The van der Waals surface area contributed by atoms with Crippen LogP contribution in [0.1, 0.15) is 31.0 Å². The molecule has 4 rings (SSSR count). The van der Waals surface area contributed by atoms with Gasteiger partial charge in [0.05, 0.1) is 16.4 Å².